The number of nitrogens with one attached hydrogen (secondary N) is 1. The van der Waals surface area contributed by atoms with E-state index in [2.05, 4.69) is 4.72 Å². The predicted molar refractivity (Wildman–Crippen MR) is 101 cm³/mol. The Morgan fingerprint density at radius 1 is 1.20 bits per heavy atom. The number of aryl methyl sites for hydroxylation is 3. The molecule has 1 rings (SSSR count). The number of benzene rings is 1. The fourth-order valence-electron chi connectivity index (χ4n) is 2.94. The lowest BCUT2D eigenvalue weighted by atomic mass is 9.93. The van der Waals surface area contributed by atoms with Gasteiger partial charge < -0.3 is 10.6 Å². The summed E-state index contributed by atoms with van der Waals surface area (Å²) in [5, 5.41) is 0. The number of amides is 1. The lowest BCUT2D eigenvalue weighted by Crippen LogP contribution is -2.40. The first-order valence-corrected chi connectivity index (χ1v) is 9.89. The molecule has 0 atom stereocenters. The standard InChI is InChI=1S/C18H31N3O3S/c1-13-9-14(2)17(15(3)10-13)25(23,24)20-8-7-16(22)21(6)12-18(4,5)11-19/h9-10,20H,7-8,11-12,19H2,1-6H3. The van der Waals surface area contributed by atoms with Crippen molar-refractivity contribution in [2.75, 3.05) is 26.7 Å². The molecule has 0 unspecified atom stereocenters. The summed E-state index contributed by atoms with van der Waals surface area (Å²) in [4.78, 5) is 14.1. The number of carbonyl (C=O) groups is 1. The van der Waals surface area contributed by atoms with Gasteiger partial charge in [-0.3, -0.25) is 4.79 Å². The van der Waals surface area contributed by atoms with Gasteiger partial charge in [0.05, 0.1) is 4.90 Å². The third kappa shape index (κ3) is 6.09. The van der Waals surface area contributed by atoms with Crippen LogP contribution in [0.1, 0.15) is 37.0 Å². The van der Waals surface area contributed by atoms with Crippen LogP contribution in [0.5, 0.6) is 0 Å². The summed E-state index contributed by atoms with van der Waals surface area (Å²) in [6, 6.07) is 3.69. The van der Waals surface area contributed by atoms with Gasteiger partial charge in [-0.1, -0.05) is 31.5 Å². The molecule has 0 saturated heterocycles. The predicted octanol–water partition coefficient (Wildman–Crippen LogP) is 1.72. The Kier molecular flexibility index (Phi) is 7.17. The van der Waals surface area contributed by atoms with E-state index in [9.17, 15) is 13.2 Å². The summed E-state index contributed by atoms with van der Waals surface area (Å²) in [6.45, 7) is 10.5. The second kappa shape index (κ2) is 8.29. The zero-order valence-corrected chi connectivity index (χ0v) is 17.0. The number of nitrogens with two attached hydrogens (primary N) is 1. The third-order valence-electron chi connectivity index (χ3n) is 4.15. The Hall–Kier alpha value is -1.44. The zero-order valence-electron chi connectivity index (χ0n) is 16.1. The van der Waals surface area contributed by atoms with Gasteiger partial charge in [-0.15, -0.1) is 0 Å². The highest BCUT2D eigenvalue weighted by atomic mass is 32.2. The van der Waals surface area contributed by atoms with Crippen LogP contribution in [0.15, 0.2) is 17.0 Å². The van der Waals surface area contributed by atoms with Gasteiger partial charge in [0.25, 0.3) is 0 Å². The molecule has 3 N–H and O–H groups in total. The van der Waals surface area contributed by atoms with Gasteiger partial charge in [0, 0.05) is 26.6 Å². The van der Waals surface area contributed by atoms with Gasteiger partial charge >= 0.3 is 0 Å². The van der Waals surface area contributed by atoms with E-state index in [1.165, 1.54) is 0 Å². The first-order chi connectivity index (χ1) is 11.4. The number of carbonyl (C=O) groups excluding carboxylic acids is 1. The highest BCUT2D eigenvalue weighted by Gasteiger charge is 2.23. The van der Waals surface area contributed by atoms with Crippen molar-refractivity contribution in [2.45, 2.75) is 45.9 Å². The Morgan fingerprint density at radius 2 is 1.72 bits per heavy atom. The molecular formula is C18H31N3O3S. The van der Waals surface area contributed by atoms with Crippen LogP contribution < -0.4 is 10.5 Å². The monoisotopic (exact) mass is 369 g/mol. The van der Waals surface area contributed by atoms with Crippen molar-refractivity contribution in [3.05, 3.63) is 28.8 Å². The van der Waals surface area contributed by atoms with E-state index in [0.29, 0.717) is 29.1 Å². The molecule has 0 radical (unpaired) electrons. The lowest BCUT2D eigenvalue weighted by molar-refractivity contribution is -0.130. The molecule has 0 aliphatic carbocycles. The minimum atomic E-state index is -3.64. The van der Waals surface area contributed by atoms with Crippen molar-refractivity contribution >= 4 is 15.9 Å². The third-order valence-corrected chi connectivity index (χ3v) is 5.91. The average molecular weight is 370 g/mol. The van der Waals surface area contributed by atoms with Gasteiger partial charge in [0.2, 0.25) is 15.9 Å². The van der Waals surface area contributed by atoms with Crippen LogP contribution in [-0.2, 0) is 14.8 Å². The van der Waals surface area contributed by atoms with Gasteiger partial charge in [-0.25, -0.2) is 13.1 Å². The number of sulfonamides is 1. The second-order valence-electron chi connectivity index (χ2n) is 7.49. The first kappa shape index (κ1) is 21.6. The molecule has 142 valence electrons. The largest absolute Gasteiger partial charge is 0.345 e. The number of nitrogens with zero attached hydrogens (tertiary/aromatic N) is 1. The number of rotatable bonds is 8. The minimum absolute atomic E-state index is 0.0708. The quantitative estimate of drug-likeness (QED) is 0.730. The van der Waals surface area contributed by atoms with Crippen LogP contribution in [0.4, 0.5) is 0 Å². The van der Waals surface area contributed by atoms with Crippen molar-refractivity contribution in [1.82, 2.24) is 9.62 Å². The van der Waals surface area contributed by atoms with Gasteiger partial charge in [0.1, 0.15) is 0 Å². The molecule has 0 bridgehead atoms. The van der Waals surface area contributed by atoms with E-state index in [0.717, 1.165) is 5.56 Å². The van der Waals surface area contributed by atoms with Crippen molar-refractivity contribution in [3.8, 4) is 0 Å². The fourth-order valence-corrected chi connectivity index (χ4v) is 4.42. The lowest BCUT2D eigenvalue weighted by Gasteiger charge is -2.29. The summed E-state index contributed by atoms with van der Waals surface area (Å²) in [5.74, 6) is -0.110. The molecule has 25 heavy (non-hydrogen) atoms. The fraction of sp³-hybridized carbons (Fsp3) is 0.611. The molecule has 7 heteroatoms. The van der Waals surface area contributed by atoms with Crippen molar-refractivity contribution in [3.63, 3.8) is 0 Å². The summed E-state index contributed by atoms with van der Waals surface area (Å²) in [5.41, 5.74) is 7.95. The minimum Gasteiger partial charge on any atom is -0.345 e. The molecule has 0 aliphatic heterocycles. The van der Waals surface area contributed by atoms with Gasteiger partial charge in [0.15, 0.2) is 0 Å². The van der Waals surface area contributed by atoms with Crippen LogP contribution >= 0.6 is 0 Å². The van der Waals surface area contributed by atoms with E-state index in [-0.39, 0.29) is 24.3 Å². The molecule has 1 amide bonds. The number of hydrogen-bond acceptors (Lipinski definition) is 4. The van der Waals surface area contributed by atoms with Gasteiger partial charge in [-0.2, -0.15) is 0 Å². The summed E-state index contributed by atoms with van der Waals surface area (Å²) < 4.78 is 27.7. The molecule has 0 saturated carbocycles. The topological polar surface area (TPSA) is 92.5 Å². The van der Waals surface area contributed by atoms with E-state index in [1.54, 1.807) is 25.8 Å². The van der Waals surface area contributed by atoms with Crippen molar-refractivity contribution in [1.29, 1.82) is 0 Å². The Morgan fingerprint density at radius 3 is 2.20 bits per heavy atom. The molecule has 1 aromatic rings. The molecule has 0 aromatic heterocycles. The molecule has 0 spiro atoms. The maximum absolute atomic E-state index is 12.6. The van der Waals surface area contributed by atoms with Crippen LogP contribution in [0.3, 0.4) is 0 Å². The maximum Gasteiger partial charge on any atom is 0.241 e. The van der Waals surface area contributed by atoms with E-state index >= 15 is 0 Å². The molecule has 6 nitrogen and oxygen atoms in total. The number of hydrogen-bond donors (Lipinski definition) is 2. The smallest absolute Gasteiger partial charge is 0.241 e. The second-order valence-corrected chi connectivity index (χ2v) is 9.20. The van der Waals surface area contributed by atoms with Crippen LogP contribution in [0.2, 0.25) is 0 Å². The van der Waals surface area contributed by atoms with Crippen LogP contribution in [0, 0.1) is 26.2 Å². The zero-order chi connectivity index (χ0) is 19.4. The SMILES string of the molecule is Cc1cc(C)c(S(=O)(=O)NCCC(=O)N(C)CC(C)(C)CN)c(C)c1. The summed E-state index contributed by atoms with van der Waals surface area (Å²) in [7, 11) is -1.93. The van der Waals surface area contributed by atoms with Crippen molar-refractivity contribution < 1.29 is 13.2 Å². The molecule has 0 fully saturated rings. The first-order valence-electron chi connectivity index (χ1n) is 8.41. The maximum atomic E-state index is 12.6. The van der Waals surface area contributed by atoms with E-state index < -0.39 is 10.0 Å². The Labute approximate surface area is 151 Å². The van der Waals surface area contributed by atoms with E-state index in [1.807, 2.05) is 32.9 Å². The van der Waals surface area contributed by atoms with Gasteiger partial charge in [-0.05, 0) is 43.9 Å². The normalized spacial score (nSPS) is 12.3. The van der Waals surface area contributed by atoms with Crippen molar-refractivity contribution in [2.24, 2.45) is 11.1 Å². The molecule has 1 aromatic carbocycles. The average Bonchev–Trinajstić information content (AvgIpc) is 2.44. The summed E-state index contributed by atoms with van der Waals surface area (Å²) >= 11 is 0. The van der Waals surface area contributed by atoms with E-state index in [4.69, 9.17) is 5.73 Å². The summed E-state index contributed by atoms with van der Waals surface area (Å²) in [6.07, 6.45) is 0.111. The Bertz CT molecular complexity index is 704. The molecule has 0 aliphatic rings. The molecule has 0 heterocycles. The Balaban J connectivity index is 2.71. The van der Waals surface area contributed by atoms with Crippen LogP contribution in [0.25, 0.3) is 0 Å². The van der Waals surface area contributed by atoms with Crippen LogP contribution in [-0.4, -0.2) is 45.9 Å². The highest BCUT2D eigenvalue weighted by Crippen LogP contribution is 2.21. The highest BCUT2D eigenvalue weighted by molar-refractivity contribution is 7.89. The molecular weight excluding hydrogens is 338 g/mol.